The Morgan fingerprint density at radius 1 is 0.957 bits per heavy atom. The van der Waals surface area contributed by atoms with E-state index in [0.29, 0.717) is 0 Å². The summed E-state index contributed by atoms with van der Waals surface area (Å²) in [5.74, 6) is 0. The quantitative estimate of drug-likeness (QED) is 0.491. The van der Waals surface area contributed by atoms with Crippen LogP contribution in [0.25, 0.3) is 22.8 Å². The van der Waals surface area contributed by atoms with Crippen molar-refractivity contribution in [2.45, 2.75) is 20.3 Å². The molecule has 0 nitrogen and oxygen atoms in total. The molecule has 0 saturated heterocycles. The Hall–Kier alpha value is -1.24. The van der Waals surface area contributed by atoms with E-state index in [2.05, 4.69) is 73.8 Å². The van der Waals surface area contributed by atoms with Gasteiger partial charge in [0.2, 0.25) is 0 Å². The van der Waals surface area contributed by atoms with Crippen molar-refractivity contribution >= 4 is 23.0 Å². The first-order chi connectivity index (χ1) is 10.7. The molecule has 0 spiro atoms. The van der Waals surface area contributed by atoms with Crippen molar-refractivity contribution in [1.82, 2.24) is 0 Å². The molecule has 0 aliphatic heterocycles. The van der Waals surface area contributed by atoms with E-state index in [0.717, 1.165) is 6.42 Å². The van der Waals surface area contributed by atoms with Gasteiger partial charge in [-0.15, -0.1) is 11.3 Å². The summed E-state index contributed by atoms with van der Waals surface area (Å²) in [5, 5.41) is 2.16. The van der Waals surface area contributed by atoms with Crippen molar-refractivity contribution in [1.29, 1.82) is 0 Å². The van der Waals surface area contributed by atoms with Crippen molar-refractivity contribution in [3.8, 4) is 11.1 Å². The number of thiophene rings is 1. The van der Waals surface area contributed by atoms with Gasteiger partial charge in [-0.25, -0.2) is 0 Å². The first-order valence-corrected chi connectivity index (χ1v) is 8.55. The minimum Gasteiger partial charge on any atom is -0.144 e. The Kier molecular flexibility index (Phi) is 4.85. The molecule has 2 heteroatoms. The van der Waals surface area contributed by atoms with E-state index in [4.69, 9.17) is 0 Å². The standard InChI is InChI=1S/C21H18S.Zr/c1-14-11-17-12-18(20-9-6-10-22-20)13-19(17)21(15(14)2)16-7-4-3-5-8-16;/h3-11,13H,12H2,1-2H3;. The summed E-state index contributed by atoms with van der Waals surface area (Å²) < 4.78 is 0. The van der Waals surface area contributed by atoms with Crippen LogP contribution in [0.5, 0.6) is 0 Å². The molecule has 0 amide bonds. The summed E-state index contributed by atoms with van der Waals surface area (Å²) in [4.78, 5) is 1.39. The molecule has 0 atom stereocenters. The second-order valence-corrected chi connectivity index (χ2v) is 6.90. The van der Waals surface area contributed by atoms with Gasteiger partial charge >= 0.3 is 0 Å². The van der Waals surface area contributed by atoms with Crippen LogP contribution in [0.3, 0.4) is 0 Å². The summed E-state index contributed by atoms with van der Waals surface area (Å²) in [6, 6.07) is 17.5. The van der Waals surface area contributed by atoms with Gasteiger partial charge < -0.3 is 0 Å². The van der Waals surface area contributed by atoms with Crippen molar-refractivity contribution in [3.63, 3.8) is 0 Å². The van der Waals surface area contributed by atoms with E-state index >= 15 is 0 Å². The van der Waals surface area contributed by atoms with Crippen molar-refractivity contribution in [2.75, 3.05) is 0 Å². The predicted octanol–water partition coefficient (Wildman–Crippen LogP) is 6.13. The molecule has 1 aliphatic rings. The van der Waals surface area contributed by atoms with E-state index in [9.17, 15) is 0 Å². The van der Waals surface area contributed by atoms with Gasteiger partial charge in [0, 0.05) is 31.1 Å². The van der Waals surface area contributed by atoms with E-state index in [-0.39, 0.29) is 26.2 Å². The summed E-state index contributed by atoms with van der Waals surface area (Å²) in [6.45, 7) is 4.47. The Labute approximate surface area is 161 Å². The van der Waals surface area contributed by atoms with Crippen molar-refractivity contribution in [2.24, 2.45) is 0 Å². The fourth-order valence-corrected chi connectivity index (χ4v) is 4.09. The molecule has 0 saturated carbocycles. The molecule has 1 aliphatic carbocycles. The fourth-order valence-electron chi connectivity index (χ4n) is 3.34. The Morgan fingerprint density at radius 2 is 1.74 bits per heavy atom. The van der Waals surface area contributed by atoms with Gasteiger partial charge in [-0.1, -0.05) is 42.5 Å². The summed E-state index contributed by atoms with van der Waals surface area (Å²) in [6.07, 6.45) is 3.45. The largest absolute Gasteiger partial charge is 0.144 e. The fraction of sp³-hybridized carbons (Fsp3) is 0.143. The Bertz CT molecular complexity index is 859. The number of fused-ring (bicyclic) bond motifs is 1. The van der Waals surface area contributed by atoms with Gasteiger partial charge in [0.1, 0.15) is 0 Å². The topological polar surface area (TPSA) is 0 Å². The van der Waals surface area contributed by atoms with Crippen LogP contribution in [0.15, 0.2) is 53.9 Å². The summed E-state index contributed by atoms with van der Waals surface area (Å²) >= 11 is 1.83. The zero-order valence-electron chi connectivity index (χ0n) is 13.4. The number of allylic oxidation sites excluding steroid dienone is 1. The van der Waals surface area contributed by atoms with Crippen LogP contribution in [-0.4, -0.2) is 0 Å². The Balaban J connectivity index is 0.00000156. The normalized spacial score (nSPS) is 12.5. The molecule has 3 aromatic rings. The number of hydrogen-bond donors (Lipinski definition) is 0. The van der Waals surface area contributed by atoms with Gasteiger partial charge in [0.15, 0.2) is 0 Å². The molecule has 23 heavy (non-hydrogen) atoms. The van der Waals surface area contributed by atoms with Crippen LogP contribution in [0.2, 0.25) is 0 Å². The van der Waals surface area contributed by atoms with Gasteiger partial charge in [0.25, 0.3) is 0 Å². The molecule has 112 valence electrons. The first-order valence-electron chi connectivity index (χ1n) is 7.67. The molecular formula is C21H18SZr. The van der Waals surface area contributed by atoms with E-state index in [1.165, 1.54) is 43.8 Å². The van der Waals surface area contributed by atoms with Crippen LogP contribution in [0.4, 0.5) is 0 Å². The van der Waals surface area contributed by atoms with Crippen LogP contribution in [0, 0.1) is 13.8 Å². The van der Waals surface area contributed by atoms with Gasteiger partial charge in [-0.3, -0.25) is 0 Å². The van der Waals surface area contributed by atoms with Crippen LogP contribution in [0.1, 0.15) is 27.1 Å². The first kappa shape index (κ1) is 16.6. The molecular weight excluding hydrogens is 376 g/mol. The van der Waals surface area contributed by atoms with Gasteiger partial charge in [-0.05, 0) is 76.7 Å². The second kappa shape index (κ2) is 6.71. The maximum atomic E-state index is 2.40. The molecule has 2 aromatic carbocycles. The number of aryl methyl sites for hydroxylation is 1. The molecule has 0 radical (unpaired) electrons. The monoisotopic (exact) mass is 392 g/mol. The van der Waals surface area contributed by atoms with Crippen molar-refractivity contribution in [3.05, 3.63) is 81.0 Å². The molecule has 1 aromatic heterocycles. The van der Waals surface area contributed by atoms with E-state index < -0.39 is 0 Å². The predicted molar refractivity (Wildman–Crippen MR) is 97.2 cm³/mol. The Morgan fingerprint density at radius 3 is 2.43 bits per heavy atom. The SMILES string of the molecule is Cc1cc2c(c(-c3ccccc3)c1C)C=C(c1cccs1)C2.[Zr]. The third kappa shape index (κ3) is 2.95. The zero-order valence-corrected chi connectivity index (χ0v) is 16.7. The van der Waals surface area contributed by atoms with Crippen LogP contribution in [-0.2, 0) is 32.6 Å². The zero-order chi connectivity index (χ0) is 15.1. The average Bonchev–Trinajstić information content (AvgIpc) is 3.18. The molecule has 0 bridgehead atoms. The number of hydrogen-bond acceptors (Lipinski definition) is 1. The smallest absolute Gasteiger partial charge is 0.0305 e. The van der Waals surface area contributed by atoms with E-state index in [1.54, 1.807) is 0 Å². The van der Waals surface area contributed by atoms with Crippen LogP contribution >= 0.6 is 11.3 Å². The van der Waals surface area contributed by atoms with E-state index in [1.807, 2.05) is 11.3 Å². The van der Waals surface area contributed by atoms with Crippen molar-refractivity contribution < 1.29 is 26.2 Å². The van der Waals surface area contributed by atoms with Crippen LogP contribution < -0.4 is 0 Å². The summed E-state index contributed by atoms with van der Waals surface area (Å²) in [5.41, 5.74) is 9.84. The minimum absolute atomic E-state index is 0. The average molecular weight is 394 g/mol. The molecule has 1 heterocycles. The maximum absolute atomic E-state index is 2.40. The third-order valence-electron chi connectivity index (χ3n) is 4.57. The summed E-state index contributed by atoms with van der Waals surface area (Å²) in [7, 11) is 0. The molecule has 0 N–H and O–H groups in total. The third-order valence-corrected chi connectivity index (χ3v) is 5.52. The second-order valence-electron chi connectivity index (χ2n) is 5.96. The minimum atomic E-state index is 0. The molecule has 4 rings (SSSR count). The number of rotatable bonds is 2. The van der Waals surface area contributed by atoms with Gasteiger partial charge in [-0.2, -0.15) is 0 Å². The molecule has 0 fully saturated rings. The molecule has 0 unspecified atom stereocenters. The number of benzene rings is 2. The van der Waals surface area contributed by atoms with Gasteiger partial charge in [0.05, 0.1) is 0 Å². The maximum Gasteiger partial charge on any atom is 0.0305 e.